The van der Waals surface area contributed by atoms with Crippen molar-refractivity contribution in [2.24, 2.45) is 5.92 Å². The first-order chi connectivity index (χ1) is 13.5. The lowest BCUT2D eigenvalue weighted by molar-refractivity contribution is -0.139. The van der Waals surface area contributed by atoms with Gasteiger partial charge < -0.3 is 15.7 Å². The van der Waals surface area contributed by atoms with Crippen molar-refractivity contribution in [3.63, 3.8) is 0 Å². The van der Waals surface area contributed by atoms with Crippen LogP contribution >= 0.6 is 0 Å². The summed E-state index contributed by atoms with van der Waals surface area (Å²) in [6.07, 6.45) is 6.28. The molecule has 7 heteroatoms. The van der Waals surface area contributed by atoms with Gasteiger partial charge in [-0.3, -0.25) is 14.5 Å². The lowest BCUT2D eigenvalue weighted by atomic mass is 9.85. The van der Waals surface area contributed by atoms with E-state index < -0.39 is 5.97 Å². The maximum atomic E-state index is 12.3. The molecular formula is C21H27N3O4. The number of urea groups is 1. The van der Waals surface area contributed by atoms with Gasteiger partial charge in [0.25, 0.3) is 0 Å². The number of nitrogens with one attached hydrogen (secondary N) is 2. The molecule has 1 aromatic carbocycles. The van der Waals surface area contributed by atoms with Crippen molar-refractivity contribution < 1.29 is 19.5 Å². The maximum Gasteiger partial charge on any atom is 0.319 e. The largest absolute Gasteiger partial charge is 0.480 e. The Morgan fingerprint density at radius 3 is 2.68 bits per heavy atom. The molecule has 2 amide bonds. The first-order valence-corrected chi connectivity index (χ1v) is 10.2. The predicted molar refractivity (Wildman–Crippen MR) is 105 cm³/mol. The molecule has 150 valence electrons. The Bertz CT molecular complexity index is 784. The van der Waals surface area contributed by atoms with Gasteiger partial charge in [0.2, 0.25) is 0 Å². The Hall–Kier alpha value is -2.41. The molecule has 1 aromatic rings. The van der Waals surface area contributed by atoms with E-state index in [0.717, 1.165) is 43.4 Å². The number of aliphatic carboxylic acids is 1. The highest BCUT2D eigenvalue weighted by Gasteiger charge is 2.37. The Morgan fingerprint density at radius 2 is 1.96 bits per heavy atom. The van der Waals surface area contributed by atoms with E-state index in [9.17, 15) is 14.4 Å². The van der Waals surface area contributed by atoms with Gasteiger partial charge in [-0.15, -0.1) is 0 Å². The SMILES string of the molecule is O=C(O)CN(CC1CC1)C1CC(NC(=O)Nc2ccc3c(c2)CCCC3=O)C1. The van der Waals surface area contributed by atoms with Gasteiger partial charge in [0.05, 0.1) is 6.54 Å². The van der Waals surface area contributed by atoms with Crippen LogP contribution in [0.15, 0.2) is 18.2 Å². The van der Waals surface area contributed by atoms with Crippen LogP contribution < -0.4 is 10.6 Å². The van der Waals surface area contributed by atoms with Crippen LogP contribution in [0.3, 0.4) is 0 Å². The van der Waals surface area contributed by atoms with E-state index in [1.807, 2.05) is 6.07 Å². The molecule has 0 spiro atoms. The zero-order valence-electron chi connectivity index (χ0n) is 15.9. The summed E-state index contributed by atoms with van der Waals surface area (Å²) in [4.78, 5) is 37.3. The lowest BCUT2D eigenvalue weighted by Gasteiger charge is -2.42. The van der Waals surface area contributed by atoms with Crippen molar-refractivity contribution in [3.05, 3.63) is 29.3 Å². The molecule has 28 heavy (non-hydrogen) atoms. The highest BCUT2D eigenvalue weighted by atomic mass is 16.4. The van der Waals surface area contributed by atoms with Crippen LogP contribution in [0, 0.1) is 5.92 Å². The molecule has 3 N–H and O–H groups in total. The number of carbonyl (C=O) groups is 3. The monoisotopic (exact) mass is 385 g/mol. The Labute approximate surface area is 164 Å². The quantitative estimate of drug-likeness (QED) is 0.670. The van der Waals surface area contributed by atoms with Crippen LogP contribution in [0.5, 0.6) is 0 Å². The number of ketones is 1. The van der Waals surface area contributed by atoms with Crippen LogP contribution in [0.4, 0.5) is 10.5 Å². The Kier molecular flexibility index (Phi) is 5.35. The molecule has 7 nitrogen and oxygen atoms in total. The van der Waals surface area contributed by atoms with Crippen molar-refractivity contribution in [1.82, 2.24) is 10.2 Å². The van der Waals surface area contributed by atoms with Crippen LogP contribution in [0.1, 0.15) is 54.4 Å². The summed E-state index contributed by atoms with van der Waals surface area (Å²) in [5.74, 6) is 0.0288. The number of nitrogens with zero attached hydrogens (tertiary/aromatic N) is 1. The van der Waals surface area contributed by atoms with Crippen LogP contribution in [0.2, 0.25) is 0 Å². The van der Waals surface area contributed by atoms with Gasteiger partial charge >= 0.3 is 12.0 Å². The fourth-order valence-electron chi connectivity index (χ4n) is 4.23. The van der Waals surface area contributed by atoms with Crippen LogP contribution in [-0.4, -0.2) is 53.0 Å². The Balaban J connectivity index is 1.26. The number of hydrogen-bond donors (Lipinski definition) is 3. The number of carboxylic acids is 1. The van der Waals surface area contributed by atoms with Crippen LogP contribution in [0.25, 0.3) is 0 Å². The summed E-state index contributed by atoms with van der Waals surface area (Å²) in [6, 6.07) is 5.51. The first-order valence-electron chi connectivity index (χ1n) is 10.2. The molecule has 0 heterocycles. The van der Waals surface area contributed by atoms with E-state index in [0.29, 0.717) is 18.0 Å². The molecule has 2 saturated carbocycles. The fourth-order valence-corrected chi connectivity index (χ4v) is 4.23. The van der Waals surface area contributed by atoms with Gasteiger partial charge in [-0.25, -0.2) is 4.79 Å². The third-order valence-corrected chi connectivity index (χ3v) is 6.01. The summed E-state index contributed by atoms with van der Waals surface area (Å²) < 4.78 is 0. The summed E-state index contributed by atoms with van der Waals surface area (Å²) in [6.45, 7) is 0.928. The second-order valence-corrected chi connectivity index (χ2v) is 8.34. The van der Waals surface area contributed by atoms with E-state index in [2.05, 4.69) is 15.5 Å². The van der Waals surface area contributed by atoms with Gasteiger partial charge in [0, 0.05) is 36.3 Å². The molecule has 0 aliphatic heterocycles. The molecule has 0 aromatic heterocycles. The van der Waals surface area contributed by atoms with Gasteiger partial charge in [-0.2, -0.15) is 0 Å². The highest BCUT2D eigenvalue weighted by molar-refractivity contribution is 5.99. The van der Waals surface area contributed by atoms with E-state index >= 15 is 0 Å². The number of carbonyl (C=O) groups excluding carboxylic acids is 2. The molecule has 0 radical (unpaired) electrons. The number of amides is 2. The normalized spacial score (nSPS) is 23.7. The van der Waals surface area contributed by atoms with E-state index in [-0.39, 0.29) is 30.4 Å². The van der Waals surface area contributed by atoms with Gasteiger partial charge in [-0.05, 0) is 68.2 Å². The minimum atomic E-state index is -0.791. The van der Waals surface area contributed by atoms with Crippen molar-refractivity contribution >= 4 is 23.5 Å². The number of rotatable bonds is 7. The summed E-state index contributed by atoms with van der Waals surface area (Å²) >= 11 is 0. The average Bonchev–Trinajstić information content (AvgIpc) is 3.41. The molecule has 0 unspecified atom stereocenters. The molecule has 3 aliphatic carbocycles. The smallest absolute Gasteiger partial charge is 0.319 e. The minimum absolute atomic E-state index is 0.0692. The number of hydrogen-bond acceptors (Lipinski definition) is 4. The van der Waals surface area contributed by atoms with Crippen molar-refractivity contribution in [2.75, 3.05) is 18.4 Å². The van der Waals surface area contributed by atoms with E-state index in [1.54, 1.807) is 12.1 Å². The maximum absolute atomic E-state index is 12.3. The van der Waals surface area contributed by atoms with Gasteiger partial charge in [0.1, 0.15) is 0 Å². The third kappa shape index (κ3) is 4.52. The first kappa shape index (κ1) is 18.9. The van der Waals surface area contributed by atoms with E-state index in [4.69, 9.17) is 5.11 Å². The molecule has 3 aliphatic rings. The zero-order valence-corrected chi connectivity index (χ0v) is 15.9. The standard InChI is InChI=1S/C21H27N3O4/c25-19-3-1-2-14-8-15(6-7-18(14)19)22-21(28)23-16-9-17(10-16)24(12-20(26)27)11-13-4-5-13/h6-8,13,16-17H,1-5,9-12H2,(H,26,27)(H2,22,23,28). The third-order valence-electron chi connectivity index (χ3n) is 6.01. The van der Waals surface area contributed by atoms with Crippen molar-refractivity contribution in [1.29, 1.82) is 0 Å². The van der Waals surface area contributed by atoms with Gasteiger partial charge in [0.15, 0.2) is 5.78 Å². The van der Waals surface area contributed by atoms with Gasteiger partial charge in [-0.1, -0.05) is 0 Å². The van der Waals surface area contributed by atoms with Crippen molar-refractivity contribution in [2.45, 2.75) is 57.0 Å². The lowest BCUT2D eigenvalue weighted by Crippen LogP contribution is -2.55. The number of benzene rings is 1. The predicted octanol–water partition coefficient (Wildman–Crippen LogP) is 2.65. The highest BCUT2D eigenvalue weighted by Crippen LogP contribution is 2.33. The van der Waals surface area contributed by atoms with E-state index in [1.165, 1.54) is 12.8 Å². The minimum Gasteiger partial charge on any atom is -0.480 e. The molecule has 0 saturated heterocycles. The molecule has 0 atom stereocenters. The number of carboxylic acid groups (broad SMARTS) is 1. The summed E-state index contributed by atoms with van der Waals surface area (Å²) in [7, 11) is 0. The Morgan fingerprint density at radius 1 is 1.18 bits per heavy atom. The van der Waals surface area contributed by atoms with Crippen molar-refractivity contribution in [3.8, 4) is 0 Å². The zero-order chi connectivity index (χ0) is 19.7. The van der Waals surface area contributed by atoms with Crippen LogP contribution in [-0.2, 0) is 11.2 Å². The second-order valence-electron chi connectivity index (χ2n) is 8.34. The average molecular weight is 385 g/mol. The summed E-state index contributed by atoms with van der Waals surface area (Å²) in [5.41, 5.74) is 2.47. The number of aryl methyl sites for hydroxylation is 1. The fraction of sp³-hybridized carbons (Fsp3) is 0.571. The second kappa shape index (κ2) is 7.91. The number of anilines is 1. The topological polar surface area (TPSA) is 98.7 Å². The number of Topliss-reactive ketones (excluding diaryl/α,β-unsaturated/α-hetero) is 1. The molecule has 0 bridgehead atoms. The summed E-state index contributed by atoms with van der Waals surface area (Å²) in [5, 5.41) is 14.9. The molecule has 2 fully saturated rings. The number of fused-ring (bicyclic) bond motifs is 1. The molecule has 4 rings (SSSR count). The molecular weight excluding hydrogens is 358 g/mol.